The van der Waals surface area contributed by atoms with Gasteiger partial charge in [-0.15, -0.1) is 0 Å². The largest absolute Gasteiger partial charge is 0.480 e. The normalized spacial score (nSPS) is 18.1. The SMILES string of the molecule is CCS(=O)CCNC(=O)N1c2ccccc2CC1C(=O)O. The summed E-state index contributed by atoms with van der Waals surface area (Å²) >= 11 is 0. The number of amides is 2. The van der Waals surface area contributed by atoms with Gasteiger partial charge in [-0.25, -0.2) is 9.59 Å². The number of carboxylic acids is 1. The smallest absolute Gasteiger partial charge is 0.327 e. The topological polar surface area (TPSA) is 86.7 Å². The molecular weight excluding hydrogens is 292 g/mol. The third kappa shape index (κ3) is 3.41. The Balaban J connectivity index is 2.09. The first-order valence-corrected chi connectivity index (χ1v) is 8.26. The average Bonchev–Trinajstić information content (AvgIpc) is 2.86. The van der Waals surface area contributed by atoms with E-state index >= 15 is 0 Å². The van der Waals surface area contributed by atoms with Crippen LogP contribution < -0.4 is 10.2 Å². The van der Waals surface area contributed by atoms with Gasteiger partial charge in [0.05, 0.1) is 0 Å². The maximum Gasteiger partial charge on any atom is 0.327 e. The zero-order valence-corrected chi connectivity index (χ0v) is 12.6. The van der Waals surface area contributed by atoms with Crippen molar-refractivity contribution in [2.75, 3.05) is 23.0 Å². The van der Waals surface area contributed by atoms with Gasteiger partial charge in [0.2, 0.25) is 0 Å². The molecule has 114 valence electrons. The molecule has 0 saturated heterocycles. The Morgan fingerprint density at radius 2 is 2.14 bits per heavy atom. The van der Waals surface area contributed by atoms with Gasteiger partial charge in [0.1, 0.15) is 6.04 Å². The number of nitrogens with zero attached hydrogens (tertiary/aromatic N) is 1. The zero-order chi connectivity index (χ0) is 15.4. The van der Waals surface area contributed by atoms with Gasteiger partial charge < -0.3 is 10.4 Å². The highest BCUT2D eigenvalue weighted by Crippen LogP contribution is 2.32. The van der Waals surface area contributed by atoms with E-state index in [2.05, 4.69) is 5.32 Å². The molecule has 1 heterocycles. The Morgan fingerprint density at radius 1 is 1.43 bits per heavy atom. The summed E-state index contributed by atoms with van der Waals surface area (Å²) in [5, 5.41) is 11.9. The van der Waals surface area contributed by atoms with Gasteiger partial charge in [0.15, 0.2) is 0 Å². The fraction of sp³-hybridized carbons (Fsp3) is 0.429. The summed E-state index contributed by atoms with van der Waals surface area (Å²) in [7, 11) is -0.957. The molecule has 1 aliphatic heterocycles. The van der Waals surface area contributed by atoms with Crippen molar-refractivity contribution in [3.05, 3.63) is 29.8 Å². The van der Waals surface area contributed by atoms with E-state index in [9.17, 15) is 18.9 Å². The maximum absolute atomic E-state index is 12.2. The molecule has 0 bridgehead atoms. The number of carbonyl (C=O) groups is 2. The number of anilines is 1. The second kappa shape index (κ2) is 6.71. The first-order chi connectivity index (χ1) is 10.0. The molecule has 1 aliphatic rings. The highest BCUT2D eigenvalue weighted by atomic mass is 32.2. The van der Waals surface area contributed by atoms with Crippen molar-refractivity contribution in [2.45, 2.75) is 19.4 Å². The van der Waals surface area contributed by atoms with Crippen molar-refractivity contribution >= 4 is 28.5 Å². The molecule has 0 aromatic heterocycles. The average molecular weight is 310 g/mol. The van der Waals surface area contributed by atoms with Gasteiger partial charge in [-0.3, -0.25) is 9.11 Å². The minimum absolute atomic E-state index is 0.268. The van der Waals surface area contributed by atoms with Gasteiger partial charge in [-0.05, 0) is 11.6 Å². The Bertz CT molecular complexity index is 576. The fourth-order valence-corrected chi connectivity index (χ4v) is 2.95. The molecule has 1 aromatic rings. The number of para-hydroxylation sites is 1. The Hall–Kier alpha value is -1.89. The first kappa shape index (κ1) is 15.5. The van der Waals surface area contributed by atoms with Gasteiger partial charge in [-0.1, -0.05) is 25.1 Å². The molecule has 7 heteroatoms. The highest BCUT2D eigenvalue weighted by molar-refractivity contribution is 7.84. The number of urea groups is 1. The number of fused-ring (bicyclic) bond motifs is 1. The monoisotopic (exact) mass is 310 g/mol. The maximum atomic E-state index is 12.2. The number of carboxylic acid groups (broad SMARTS) is 1. The predicted molar refractivity (Wildman–Crippen MR) is 81.0 cm³/mol. The van der Waals surface area contributed by atoms with Crippen LogP contribution in [-0.2, 0) is 22.0 Å². The summed E-state index contributed by atoms with van der Waals surface area (Å²) in [6, 6.07) is 5.81. The summed E-state index contributed by atoms with van der Waals surface area (Å²) in [6.07, 6.45) is 0.305. The second-order valence-electron chi connectivity index (χ2n) is 4.72. The van der Waals surface area contributed by atoms with Crippen LogP contribution in [0.15, 0.2) is 24.3 Å². The molecule has 2 atom stereocenters. The molecule has 0 aliphatic carbocycles. The molecule has 2 amide bonds. The van der Waals surface area contributed by atoms with Gasteiger partial charge >= 0.3 is 12.0 Å². The van der Waals surface area contributed by atoms with Gasteiger partial charge in [-0.2, -0.15) is 0 Å². The number of hydrogen-bond acceptors (Lipinski definition) is 3. The van der Waals surface area contributed by atoms with Crippen molar-refractivity contribution in [2.24, 2.45) is 0 Å². The Morgan fingerprint density at radius 3 is 2.81 bits per heavy atom. The predicted octanol–water partition coefficient (Wildman–Crippen LogP) is 0.981. The minimum Gasteiger partial charge on any atom is -0.480 e. The molecule has 21 heavy (non-hydrogen) atoms. The molecule has 0 radical (unpaired) electrons. The quantitative estimate of drug-likeness (QED) is 0.849. The second-order valence-corrected chi connectivity index (χ2v) is 6.59. The Labute approximate surface area is 125 Å². The summed E-state index contributed by atoms with van der Waals surface area (Å²) in [4.78, 5) is 24.9. The summed E-state index contributed by atoms with van der Waals surface area (Å²) < 4.78 is 11.3. The molecular formula is C14H18N2O4S. The van der Waals surface area contributed by atoms with Crippen LogP contribution in [0.5, 0.6) is 0 Å². The minimum atomic E-state index is -1.03. The number of nitrogens with one attached hydrogen (secondary N) is 1. The van der Waals surface area contributed by atoms with Crippen molar-refractivity contribution in [3.63, 3.8) is 0 Å². The lowest BCUT2D eigenvalue weighted by atomic mass is 10.1. The number of hydrogen-bond donors (Lipinski definition) is 2. The molecule has 0 fully saturated rings. The van der Waals surface area contributed by atoms with Crippen LogP contribution in [0.4, 0.5) is 10.5 Å². The molecule has 0 spiro atoms. The highest BCUT2D eigenvalue weighted by Gasteiger charge is 2.38. The lowest BCUT2D eigenvalue weighted by Gasteiger charge is -2.22. The Kier molecular flexibility index (Phi) is 4.95. The van der Waals surface area contributed by atoms with Gasteiger partial charge in [0, 0.05) is 41.0 Å². The van der Waals surface area contributed by atoms with Crippen molar-refractivity contribution in [1.29, 1.82) is 0 Å². The number of benzene rings is 1. The lowest BCUT2D eigenvalue weighted by molar-refractivity contribution is -0.138. The van der Waals surface area contributed by atoms with Gasteiger partial charge in [0.25, 0.3) is 0 Å². The number of aliphatic carboxylic acids is 1. The van der Waals surface area contributed by atoms with Crippen LogP contribution in [-0.4, -0.2) is 45.4 Å². The van der Waals surface area contributed by atoms with E-state index < -0.39 is 28.8 Å². The van der Waals surface area contributed by atoms with Crippen LogP contribution >= 0.6 is 0 Å². The summed E-state index contributed by atoms with van der Waals surface area (Å²) in [5.74, 6) is -0.117. The van der Waals surface area contributed by atoms with Crippen molar-refractivity contribution < 1.29 is 18.9 Å². The van der Waals surface area contributed by atoms with E-state index in [0.29, 0.717) is 23.6 Å². The summed E-state index contributed by atoms with van der Waals surface area (Å²) in [6.45, 7) is 2.08. The standard InChI is InChI=1S/C14H18N2O4S/c1-2-21(20)8-7-15-14(19)16-11-6-4-3-5-10(11)9-12(16)13(17)18/h3-6,12H,2,7-9H2,1H3,(H,15,19)(H,17,18). The molecule has 2 unspecified atom stereocenters. The van der Waals surface area contributed by atoms with Crippen LogP contribution in [0, 0.1) is 0 Å². The van der Waals surface area contributed by atoms with E-state index in [1.807, 2.05) is 19.1 Å². The van der Waals surface area contributed by atoms with Crippen molar-refractivity contribution in [1.82, 2.24) is 5.32 Å². The van der Waals surface area contributed by atoms with Crippen molar-refractivity contribution in [3.8, 4) is 0 Å². The van der Waals surface area contributed by atoms with E-state index in [1.54, 1.807) is 12.1 Å². The fourth-order valence-electron chi connectivity index (χ4n) is 2.34. The van der Waals surface area contributed by atoms with E-state index in [1.165, 1.54) is 4.90 Å². The van der Waals surface area contributed by atoms with E-state index in [-0.39, 0.29) is 6.54 Å². The van der Waals surface area contributed by atoms with E-state index in [4.69, 9.17) is 0 Å². The van der Waals surface area contributed by atoms with Crippen LogP contribution in [0.3, 0.4) is 0 Å². The molecule has 1 aromatic carbocycles. The molecule has 0 saturated carbocycles. The van der Waals surface area contributed by atoms with E-state index in [0.717, 1.165) is 5.56 Å². The number of rotatable bonds is 5. The molecule has 6 nitrogen and oxygen atoms in total. The molecule has 2 N–H and O–H groups in total. The van der Waals surface area contributed by atoms with Crippen LogP contribution in [0.2, 0.25) is 0 Å². The van der Waals surface area contributed by atoms with Crippen LogP contribution in [0.1, 0.15) is 12.5 Å². The third-order valence-electron chi connectivity index (χ3n) is 3.41. The zero-order valence-electron chi connectivity index (χ0n) is 11.7. The molecule has 2 rings (SSSR count). The van der Waals surface area contributed by atoms with Crippen LogP contribution in [0.25, 0.3) is 0 Å². The third-order valence-corrected chi connectivity index (χ3v) is 4.71. The first-order valence-electron chi connectivity index (χ1n) is 6.77. The lowest BCUT2D eigenvalue weighted by Crippen LogP contribution is -2.48. The number of carbonyl (C=O) groups excluding carboxylic acids is 1. The summed E-state index contributed by atoms with van der Waals surface area (Å²) in [5.41, 5.74) is 1.47.